The molecule has 2 amide bonds. The van der Waals surface area contributed by atoms with Gasteiger partial charge in [-0.2, -0.15) is 0 Å². The van der Waals surface area contributed by atoms with E-state index in [-0.39, 0.29) is 11.8 Å². The summed E-state index contributed by atoms with van der Waals surface area (Å²) >= 11 is 0. The number of rotatable bonds is 6. The second kappa shape index (κ2) is 10.0. The third kappa shape index (κ3) is 5.58. The molecule has 0 radical (unpaired) electrons. The van der Waals surface area contributed by atoms with Crippen molar-refractivity contribution in [1.29, 1.82) is 0 Å². The molecule has 5 heteroatoms. The molecule has 3 aromatic carbocycles. The molecular weight excluding hydrogens is 386 g/mol. The maximum absolute atomic E-state index is 12.7. The van der Waals surface area contributed by atoms with Gasteiger partial charge in [-0.15, -0.1) is 0 Å². The van der Waals surface area contributed by atoms with Gasteiger partial charge in [-0.05, 0) is 35.7 Å². The number of anilines is 1. The van der Waals surface area contributed by atoms with Crippen LogP contribution in [0.3, 0.4) is 0 Å². The van der Waals surface area contributed by atoms with Crippen molar-refractivity contribution in [2.24, 2.45) is 0 Å². The van der Waals surface area contributed by atoms with Crippen LogP contribution < -0.4 is 5.32 Å². The molecule has 4 rings (SSSR count). The fraction of sp³-hybridized carbons (Fsp3) is 0.231. The Hall–Kier alpha value is -3.44. The van der Waals surface area contributed by atoms with Crippen molar-refractivity contribution in [3.05, 3.63) is 102 Å². The molecule has 1 N–H and O–H groups in total. The summed E-state index contributed by atoms with van der Waals surface area (Å²) in [5.74, 6) is 0.0305. The molecule has 1 aliphatic heterocycles. The van der Waals surface area contributed by atoms with Crippen LogP contribution in [0.1, 0.15) is 21.5 Å². The number of hydrogen-bond acceptors (Lipinski definition) is 3. The van der Waals surface area contributed by atoms with Crippen molar-refractivity contribution in [1.82, 2.24) is 9.80 Å². The van der Waals surface area contributed by atoms with Gasteiger partial charge < -0.3 is 10.2 Å². The first kappa shape index (κ1) is 20.8. The van der Waals surface area contributed by atoms with Gasteiger partial charge in [0.05, 0.1) is 6.54 Å². The van der Waals surface area contributed by atoms with Crippen molar-refractivity contribution in [2.45, 2.75) is 6.42 Å². The molecule has 31 heavy (non-hydrogen) atoms. The van der Waals surface area contributed by atoms with Crippen LogP contribution in [0.4, 0.5) is 5.69 Å². The minimum Gasteiger partial charge on any atom is -0.336 e. The lowest BCUT2D eigenvalue weighted by atomic mass is 10.0. The Balaban J connectivity index is 1.30. The van der Waals surface area contributed by atoms with E-state index >= 15 is 0 Å². The molecular formula is C26H27N3O2. The summed E-state index contributed by atoms with van der Waals surface area (Å²) in [6, 6.07) is 27.5. The van der Waals surface area contributed by atoms with Crippen molar-refractivity contribution in [3.63, 3.8) is 0 Å². The fourth-order valence-corrected chi connectivity index (χ4v) is 3.88. The van der Waals surface area contributed by atoms with Crippen molar-refractivity contribution in [3.8, 4) is 0 Å². The van der Waals surface area contributed by atoms with Crippen LogP contribution in [0.5, 0.6) is 0 Å². The number of carbonyl (C=O) groups is 2. The zero-order valence-corrected chi connectivity index (χ0v) is 17.5. The van der Waals surface area contributed by atoms with E-state index in [1.165, 1.54) is 5.56 Å². The van der Waals surface area contributed by atoms with Gasteiger partial charge in [0.2, 0.25) is 5.91 Å². The van der Waals surface area contributed by atoms with Gasteiger partial charge in [0.25, 0.3) is 5.91 Å². The van der Waals surface area contributed by atoms with E-state index in [2.05, 4.69) is 28.4 Å². The Kier molecular flexibility index (Phi) is 6.75. The highest BCUT2D eigenvalue weighted by Crippen LogP contribution is 2.19. The molecule has 0 saturated carbocycles. The van der Waals surface area contributed by atoms with Crippen LogP contribution in [-0.2, 0) is 11.2 Å². The molecule has 0 bridgehead atoms. The Morgan fingerprint density at radius 2 is 1.35 bits per heavy atom. The summed E-state index contributed by atoms with van der Waals surface area (Å²) in [7, 11) is 0. The van der Waals surface area contributed by atoms with Gasteiger partial charge in [-0.1, -0.05) is 66.7 Å². The molecule has 0 aromatic heterocycles. The summed E-state index contributed by atoms with van der Waals surface area (Å²) in [6.45, 7) is 2.97. The number of nitrogens with one attached hydrogen (secondary N) is 1. The molecule has 0 aliphatic carbocycles. The predicted molar refractivity (Wildman–Crippen MR) is 123 cm³/mol. The lowest BCUT2D eigenvalue weighted by Crippen LogP contribution is -2.50. The van der Waals surface area contributed by atoms with Gasteiger partial charge >= 0.3 is 0 Å². The highest BCUT2D eigenvalue weighted by Gasteiger charge is 2.23. The van der Waals surface area contributed by atoms with Crippen LogP contribution in [0.15, 0.2) is 84.9 Å². The summed E-state index contributed by atoms with van der Waals surface area (Å²) in [6.07, 6.45) is 0.775. The fourth-order valence-electron chi connectivity index (χ4n) is 3.88. The minimum atomic E-state index is -0.0247. The number of carbonyl (C=O) groups excluding carboxylic acids is 2. The van der Waals surface area contributed by atoms with Crippen LogP contribution in [0.25, 0.3) is 0 Å². The second-order valence-corrected chi connectivity index (χ2v) is 7.80. The summed E-state index contributed by atoms with van der Waals surface area (Å²) in [5.41, 5.74) is 3.88. The number of piperazine rings is 1. The topological polar surface area (TPSA) is 52.7 Å². The predicted octanol–water partition coefficient (Wildman–Crippen LogP) is 3.67. The number of nitrogens with zero attached hydrogens (tertiary/aromatic N) is 2. The van der Waals surface area contributed by atoms with Crippen LogP contribution >= 0.6 is 0 Å². The van der Waals surface area contributed by atoms with Gasteiger partial charge in [-0.25, -0.2) is 0 Å². The second-order valence-electron chi connectivity index (χ2n) is 7.80. The highest BCUT2D eigenvalue weighted by molar-refractivity contribution is 5.94. The standard InChI is InChI=1S/C26H27N3O2/c30-25(27-24-14-8-7-13-23(24)19-21-9-3-1-4-10-21)20-28-15-17-29(18-16-28)26(31)22-11-5-2-6-12-22/h1-14H,15-20H2,(H,27,30). The first-order chi connectivity index (χ1) is 15.2. The van der Waals surface area contributed by atoms with E-state index in [0.29, 0.717) is 38.3 Å². The average Bonchev–Trinajstić information content (AvgIpc) is 2.82. The van der Waals surface area contributed by atoms with E-state index in [4.69, 9.17) is 0 Å². The van der Waals surface area contributed by atoms with E-state index < -0.39 is 0 Å². The van der Waals surface area contributed by atoms with Crippen molar-refractivity contribution in [2.75, 3.05) is 38.0 Å². The third-order valence-corrected chi connectivity index (χ3v) is 5.58. The molecule has 1 saturated heterocycles. The van der Waals surface area contributed by atoms with Gasteiger partial charge in [0.1, 0.15) is 0 Å². The van der Waals surface area contributed by atoms with Crippen LogP contribution in [0, 0.1) is 0 Å². The van der Waals surface area contributed by atoms with Gasteiger partial charge in [0.15, 0.2) is 0 Å². The lowest BCUT2D eigenvalue weighted by molar-refractivity contribution is -0.117. The minimum absolute atomic E-state index is 0.0247. The Morgan fingerprint density at radius 1 is 0.742 bits per heavy atom. The average molecular weight is 414 g/mol. The number of hydrogen-bond donors (Lipinski definition) is 1. The Bertz CT molecular complexity index is 1010. The molecule has 5 nitrogen and oxygen atoms in total. The first-order valence-corrected chi connectivity index (χ1v) is 10.7. The van der Waals surface area contributed by atoms with Crippen LogP contribution in [-0.4, -0.2) is 54.3 Å². The zero-order valence-electron chi connectivity index (χ0n) is 17.5. The molecule has 0 unspecified atom stereocenters. The van der Waals surface area contributed by atoms with E-state index in [1.54, 1.807) is 0 Å². The van der Waals surface area contributed by atoms with Crippen molar-refractivity contribution < 1.29 is 9.59 Å². The van der Waals surface area contributed by atoms with E-state index in [0.717, 1.165) is 17.7 Å². The summed E-state index contributed by atoms with van der Waals surface area (Å²) in [4.78, 5) is 29.2. The third-order valence-electron chi connectivity index (χ3n) is 5.58. The SMILES string of the molecule is O=C(CN1CCN(C(=O)c2ccccc2)CC1)Nc1ccccc1Cc1ccccc1. The van der Waals surface area contributed by atoms with Gasteiger partial charge in [-0.3, -0.25) is 14.5 Å². The van der Waals surface area contributed by atoms with Crippen molar-refractivity contribution >= 4 is 17.5 Å². The summed E-state index contributed by atoms with van der Waals surface area (Å²) < 4.78 is 0. The maximum atomic E-state index is 12.7. The quantitative estimate of drug-likeness (QED) is 0.671. The maximum Gasteiger partial charge on any atom is 0.253 e. The Labute approximate surface area is 183 Å². The number of benzene rings is 3. The normalized spacial score (nSPS) is 14.3. The molecule has 1 heterocycles. The monoisotopic (exact) mass is 413 g/mol. The smallest absolute Gasteiger partial charge is 0.253 e. The number of para-hydroxylation sites is 1. The van der Waals surface area contributed by atoms with Crippen LogP contribution in [0.2, 0.25) is 0 Å². The molecule has 1 aliphatic rings. The van der Waals surface area contributed by atoms with E-state index in [9.17, 15) is 9.59 Å². The first-order valence-electron chi connectivity index (χ1n) is 10.7. The largest absolute Gasteiger partial charge is 0.336 e. The molecule has 158 valence electrons. The number of amides is 2. The molecule has 1 fully saturated rings. The molecule has 0 atom stereocenters. The zero-order chi connectivity index (χ0) is 21.5. The lowest BCUT2D eigenvalue weighted by Gasteiger charge is -2.34. The Morgan fingerprint density at radius 3 is 2.06 bits per heavy atom. The highest BCUT2D eigenvalue weighted by atomic mass is 16.2. The van der Waals surface area contributed by atoms with E-state index in [1.807, 2.05) is 71.6 Å². The summed E-state index contributed by atoms with van der Waals surface area (Å²) in [5, 5.41) is 3.08. The molecule has 0 spiro atoms. The molecule has 3 aromatic rings. The van der Waals surface area contributed by atoms with Gasteiger partial charge in [0, 0.05) is 37.4 Å².